The Balaban J connectivity index is 1.31. The van der Waals surface area contributed by atoms with Gasteiger partial charge in [0.1, 0.15) is 6.61 Å². The molecule has 4 aromatic rings. The van der Waals surface area contributed by atoms with Crippen LogP contribution in [0.3, 0.4) is 0 Å². The summed E-state index contributed by atoms with van der Waals surface area (Å²) in [6.45, 7) is -0.150. The van der Waals surface area contributed by atoms with Crippen molar-refractivity contribution < 1.29 is 19.1 Å². The van der Waals surface area contributed by atoms with Gasteiger partial charge in [0.2, 0.25) is 0 Å². The summed E-state index contributed by atoms with van der Waals surface area (Å²) < 4.78 is 6.67. The van der Waals surface area contributed by atoms with Crippen LogP contribution in [0.15, 0.2) is 71.0 Å². The van der Waals surface area contributed by atoms with Gasteiger partial charge < -0.3 is 4.74 Å². The highest BCUT2D eigenvalue weighted by molar-refractivity contribution is 7.15. The van der Waals surface area contributed by atoms with Crippen LogP contribution in [0.2, 0.25) is 0 Å². The van der Waals surface area contributed by atoms with E-state index in [1.807, 2.05) is 0 Å². The van der Waals surface area contributed by atoms with Crippen LogP contribution in [0.25, 0.3) is 4.96 Å². The van der Waals surface area contributed by atoms with Crippen molar-refractivity contribution in [1.82, 2.24) is 9.38 Å². The SMILES string of the molecule is O=C(OCc1cc(=O)n2ccsc2n1)c1ccc(N2C(=O)c3ccccc3C2=O)cc1. The summed E-state index contributed by atoms with van der Waals surface area (Å²) in [5.41, 5.74) is 1.41. The Morgan fingerprint density at radius 3 is 2.32 bits per heavy atom. The van der Waals surface area contributed by atoms with Crippen LogP contribution < -0.4 is 10.5 Å². The second-order valence-corrected chi connectivity index (χ2v) is 7.63. The molecule has 152 valence electrons. The van der Waals surface area contributed by atoms with Crippen LogP contribution in [-0.2, 0) is 11.3 Å². The first-order chi connectivity index (χ1) is 15.0. The lowest BCUT2D eigenvalue weighted by molar-refractivity contribution is 0.0467. The minimum Gasteiger partial charge on any atom is -0.456 e. The molecule has 8 nitrogen and oxygen atoms in total. The minimum absolute atomic E-state index is 0.150. The Bertz CT molecular complexity index is 1390. The number of fused-ring (bicyclic) bond motifs is 2. The molecule has 2 aromatic carbocycles. The van der Waals surface area contributed by atoms with Crippen molar-refractivity contribution in [1.29, 1.82) is 0 Å². The summed E-state index contributed by atoms with van der Waals surface area (Å²) in [4.78, 5) is 55.4. The van der Waals surface area contributed by atoms with Gasteiger partial charge in [0.15, 0.2) is 4.96 Å². The molecule has 0 saturated heterocycles. The third-order valence-electron chi connectivity index (χ3n) is 4.86. The molecule has 3 heterocycles. The lowest BCUT2D eigenvalue weighted by Crippen LogP contribution is -2.29. The Hall–Kier alpha value is -4.11. The van der Waals surface area contributed by atoms with Crippen LogP contribution >= 0.6 is 11.3 Å². The van der Waals surface area contributed by atoms with Crippen molar-refractivity contribution in [2.45, 2.75) is 6.61 Å². The average Bonchev–Trinajstić information content (AvgIpc) is 3.36. The van der Waals surface area contributed by atoms with Gasteiger partial charge in [-0.1, -0.05) is 12.1 Å². The Labute approximate surface area is 179 Å². The molecular weight excluding hydrogens is 418 g/mol. The number of rotatable bonds is 4. The first-order valence-electron chi connectivity index (χ1n) is 9.24. The summed E-state index contributed by atoms with van der Waals surface area (Å²) in [6.07, 6.45) is 1.63. The number of benzene rings is 2. The lowest BCUT2D eigenvalue weighted by Gasteiger charge is -2.14. The third kappa shape index (κ3) is 3.21. The number of esters is 1. The summed E-state index contributed by atoms with van der Waals surface area (Å²) in [7, 11) is 0. The number of aromatic nitrogens is 2. The third-order valence-corrected chi connectivity index (χ3v) is 5.62. The highest BCUT2D eigenvalue weighted by atomic mass is 32.1. The largest absolute Gasteiger partial charge is 0.456 e. The average molecular weight is 431 g/mol. The number of amides is 2. The van der Waals surface area contributed by atoms with Crippen LogP contribution in [0.4, 0.5) is 5.69 Å². The van der Waals surface area contributed by atoms with Gasteiger partial charge in [-0.25, -0.2) is 14.7 Å². The summed E-state index contributed by atoms with van der Waals surface area (Å²) in [5.74, 6) is -1.42. The van der Waals surface area contributed by atoms with Gasteiger partial charge in [-0.3, -0.25) is 18.8 Å². The molecular formula is C22H13N3O5S. The number of nitrogens with zero attached hydrogens (tertiary/aromatic N) is 3. The first kappa shape index (κ1) is 18.9. The number of ether oxygens (including phenoxy) is 1. The molecule has 0 N–H and O–H groups in total. The monoisotopic (exact) mass is 431 g/mol. The maximum Gasteiger partial charge on any atom is 0.338 e. The fraction of sp³-hybridized carbons (Fsp3) is 0.0455. The topological polar surface area (TPSA) is 98.1 Å². The number of imide groups is 1. The van der Waals surface area contributed by atoms with Crippen molar-refractivity contribution >= 4 is 39.8 Å². The minimum atomic E-state index is -0.609. The molecule has 0 radical (unpaired) electrons. The zero-order valence-corrected chi connectivity index (χ0v) is 16.7. The van der Waals surface area contributed by atoms with E-state index in [9.17, 15) is 19.2 Å². The van der Waals surface area contributed by atoms with Gasteiger partial charge in [-0.05, 0) is 36.4 Å². The van der Waals surface area contributed by atoms with Crippen molar-refractivity contribution in [2.75, 3.05) is 4.90 Å². The van der Waals surface area contributed by atoms with Crippen LogP contribution in [0, 0.1) is 0 Å². The Morgan fingerprint density at radius 1 is 0.968 bits per heavy atom. The molecule has 0 aliphatic carbocycles. The summed E-state index contributed by atoms with van der Waals surface area (Å²) in [5, 5.41) is 1.75. The highest BCUT2D eigenvalue weighted by Gasteiger charge is 2.36. The molecule has 0 atom stereocenters. The molecule has 1 aliphatic heterocycles. The van der Waals surface area contributed by atoms with E-state index >= 15 is 0 Å². The van der Waals surface area contributed by atoms with Crippen molar-refractivity contribution in [3.05, 3.63) is 98.9 Å². The molecule has 2 aromatic heterocycles. The van der Waals surface area contributed by atoms with E-state index in [1.54, 1.807) is 35.8 Å². The number of hydrogen-bond donors (Lipinski definition) is 0. The Morgan fingerprint density at radius 2 is 1.65 bits per heavy atom. The number of carbonyl (C=O) groups is 3. The van der Waals surface area contributed by atoms with E-state index in [0.29, 0.717) is 27.5 Å². The maximum atomic E-state index is 12.6. The lowest BCUT2D eigenvalue weighted by atomic mass is 10.1. The van der Waals surface area contributed by atoms with Gasteiger partial charge in [-0.2, -0.15) is 0 Å². The maximum absolute atomic E-state index is 12.6. The van der Waals surface area contributed by atoms with Crippen molar-refractivity contribution in [2.24, 2.45) is 0 Å². The fourth-order valence-electron chi connectivity index (χ4n) is 3.35. The van der Waals surface area contributed by atoms with Gasteiger partial charge >= 0.3 is 5.97 Å². The number of hydrogen-bond acceptors (Lipinski definition) is 7. The predicted molar refractivity (Wildman–Crippen MR) is 112 cm³/mol. The molecule has 0 unspecified atom stereocenters. The predicted octanol–water partition coefficient (Wildman–Crippen LogP) is 2.91. The van der Waals surface area contributed by atoms with E-state index in [4.69, 9.17) is 4.74 Å². The van der Waals surface area contributed by atoms with E-state index in [1.165, 1.54) is 46.1 Å². The van der Waals surface area contributed by atoms with Crippen molar-refractivity contribution in [3.8, 4) is 0 Å². The zero-order chi connectivity index (χ0) is 21.5. The standard InChI is InChI=1S/C22H13N3O5S/c26-18-11-14(23-22-24(18)9-10-31-22)12-30-21(29)13-5-7-15(8-6-13)25-19(27)16-3-1-2-4-17(16)20(25)28/h1-11H,12H2. The van der Waals surface area contributed by atoms with E-state index in [2.05, 4.69) is 4.98 Å². The summed E-state index contributed by atoms with van der Waals surface area (Å²) >= 11 is 1.31. The quantitative estimate of drug-likeness (QED) is 0.364. The van der Waals surface area contributed by atoms with Crippen LogP contribution in [0.1, 0.15) is 36.8 Å². The molecule has 31 heavy (non-hydrogen) atoms. The zero-order valence-electron chi connectivity index (χ0n) is 15.8. The second-order valence-electron chi connectivity index (χ2n) is 6.76. The van der Waals surface area contributed by atoms with Crippen molar-refractivity contribution in [3.63, 3.8) is 0 Å². The molecule has 5 rings (SSSR count). The molecule has 0 spiro atoms. The molecule has 1 aliphatic rings. The Kier molecular flexibility index (Phi) is 4.45. The van der Waals surface area contributed by atoms with E-state index in [0.717, 1.165) is 4.90 Å². The van der Waals surface area contributed by atoms with Gasteiger partial charge in [-0.15, -0.1) is 11.3 Å². The molecule has 0 fully saturated rings. The van der Waals surface area contributed by atoms with Crippen LogP contribution in [0.5, 0.6) is 0 Å². The summed E-state index contributed by atoms with van der Waals surface area (Å²) in [6, 6.07) is 13.9. The second kappa shape index (κ2) is 7.29. The first-order valence-corrected chi connectivity index (χ1v) is 10.1. The van der Waals surface area contributed by atoms with Gasteiger partial charge in [0.05, 0.1) is 28.1 Å². The van der Waals surface area contributed by atoms with E-state index < -0.39 is 17.8 Å². The van der Waals surface area contributed by atoms with E-state index in [-0.39, 0.29) is 17.7 Å². The molecule has 0 bridgehead atoms. The number of anilines is 1. The molecule has 2 amide bonds. The van der Waals surface area contributed by atoms with Gasteiger partial charge in [0.25, 0.3) is 17.4 Å². The molecule has 9 heteroatoms. The van der Waals surface area contributed by atoms with Gasteiger partial charge in [0, 0.05) is 17.6 Å². The normalized spacial score (nSPS) is 13.0. The molecule has 0 saturated carbocycles. The smallest absolute Gasteiger partial charge is 0.338 e. The fourth-order valence-corrected chi connectivity index (χ4v) is 4.09. The number of thiazole rings is 1. The van der Waals surface area contributed by atoms with Crippen LogP contribution in [-0.4, -0.2) is 27.2 Å². The highest BCUT2D eigenvalue weighted by Crippen LogP contribution is 2.28. The number of carbonyl (C=O) groups excluding carboxylic acids is 3.